The van der Waals surface area contributed by atoms with Crippen molar-refractivity contribution in [1.82, 2.24) is 5.32 Å². The highest BCUT2D eigenvalue weighted by Crippen LogP contribution is 2.36. The maximum absolute atomic E-state index is 12.7. The Labute approximate surface area is 117 Å². The van der Waals surface area contributed by atoms with E-state index >= 15 is 0 Å². The first-order chi connectivity index (χ1) is 9.66. The molecule has 1 fully saturated rings. The predicted molar refractivity (Wildman–Crippen MR) is 66.5 cm³/mol. The molecule has 2 rings (SSSR count). The van der Waals surface area contributed by atoms with Crippen molar-refractivity contribution in [2.75, 3.05) is 6.54 Å². The molecule has 0 saturated carbocycles. The number of alkyl halides is 6. The quantitative estimate of drug-likeness (QED) is 0.794. The van der Waals surface area contributed by atoms with Crippen molar-refractivity contribution in [1.29, 1.82) is 0 Å². The van der Waals surface area contributed by atoms with Crippen molar-refractivity contribution in [2.45, 2.75) is 31.2 Å². The van der Waals surface area contributed by atoms with Gasteiger partial charge in [0.2, 0.25) is 0 Å². The minimum Gasteiger partial charge on any atom is -0.311 e. The third-order valence-electron chi connectivity index (χ3n) is 3.23. The predicted octanol–water partition coefficient (Wildman–Crippen LogP) is 4.49. The van der Waals surface area contributed by atoms with E-state index in [1.54, 1.807) is 6.08 Å². The monoisotopic (exact) mass is 309 g/mol. The largest absolute Gasteiger partial charge is 0.416 e. The maximum atomic E-state index is 12.7. The van der Waals surface area contributed by atoms with Crippen LogP contribution < -0.4 is 5.32 Å². The third kappa shape index (κ3) is 4.23. The summed E-state index contributed by atoms with van der Waals surface area (Å²) in [5.41, 5.74) is -2.70. The minimum absolute atomic E-state index is 0.00567. The molecule has 7 heteroatoms. The van der Waals surface area contributed by atoms with Crippen molar-refractivity contribution in [3.8, 4) is 0 Å². The van der Waals surface area contributed by atoms with Gasteiger partial charge < -0.3 is 5.32 Å². The average molecular weight is 309 g/mol. The van der Waals surface area contributed by atoms with Crippen LogP contribution in [0.5, 0.6) is 0 Å². The fraction of sp³-hybridized carbons (Fsp3) is 0.429. The Morgan fingerprint density at radius 3 is 1.95 bits per heavy atom. The van der Waals surface area contributed by atoms with E-state index in [0.29, 0.717) is 0 Å². The molecule has 0 spiro atoms. The van der Waals surface area contributed by atoms with Gasteiger partial charge in [-0.3, -0.25) is 0 Å². The van der Waals surface area contributed by atoms with Crippen molar-refractivity contribution in [3.63, 3.8) is 0 Å². The Morgan fingerprint density at radius 1 is 0.952 bits per heavy atom. The van der Waals surface area contributed by atoms with Crippen LogP contribution >= 0.6 is 0 Å². The van der Waals surface area contributed by atoms with Gasteiger partial charge in [-0.1, -0.05) is 12.2 Å². The van der Waals surface area contributed by atoms with Crippen LogP contribution in [0.4, 0.5) is 26.3 Å². The number of benzene rings is 1. The molecule has 0 amide bonds. The lowest BCUT2D eigenvalue weighted by Crippen LogP contribution is -2.18. The van der Waals surface area contributed by atoms with Gasteiger partial charge in [0.1, 0.15) is 0 Å². The lowest BCUT2D eigenvalue weighted by atomic mass is 10.0. The van der Waals surface area contributed by atoms with E-state index in [-0.39, 0.29) is 17.7 Å². The van der Waals surface area contributed by atoms with Crippen molar-refractivity contribution in [3.05, 3.63) is 41.0 Å². The fourth-order valence-electron chi connectivity index (χ4n) is 2.18. The molecule has 1 heterocycles. The Balaban J connectivity index is 2.35. The molecule has 0 aliphatic carbocycles. The lowest BCUT2D eigenvalue weighted by molar-refractivity contribution is -0.143. The highest BCUT2D eigenvalue weighted by Gasteiger charge is 2.36. The van der Waals surface area contributed by atoms with Crippen LogP contribution in [0.3, 0.4) is 0 Å². The van der Waals surface area contributed by atoms with Gasteiger partial charge in [-0.2, -0.15) is 26.3 Å². The molecule has 21 heavy (non-hydrogen) atoms. The zero-order chi connectivity index (χ0) is 15.7. The molecule has 1 saturated heterocycles. The molecule has 0 aromatic heterocycles. The number of nitrogens with one attached hydrogen (secondary N) is 1. The van der Waals surface area contributed by atoms with E-state index in [9.17, 15) is 26.3 Å². The maximum Gasteiger partial charge on any atom is 0.416 e. The van der Waals surface area contributed by atoms with Crippen LogP contribution in [0, 0.1) is 0 Å². The van der Waals surface area contributed by atoms with E-state index in [4.69, 9.17) is 0 Å². The van der Waals surface area contributed by atoms with Gasteiger partial charge in [0, 0.05) is 6.04 Å². The Hall–Kier alpha value is -1.50. The number of rotatable bonds is 2. The highest BCUT2D eigenvalue weighted by atomic mass is 19.4. The lowest BCUT2D eigenvalue weighted by Gasteiger charge is -2.13. The smallest absolute Gasteiger partial charge is 0.311 e. The summed E-state index contributed by atoms with van der Waals surface area (Å²) in [7, 11) is 0. The van der Waals surface area contributed by atoms with Crippen LogP contribution in [0.1, 0.15) is 29.5 Å². The minimum atomic E-state index is -4.81. The molecular formula is C14H13F6N. The second kappa shape index (κ2) is 5.71. The third-order valence-corrected chi connectivity index (χ3v) is 3.23. The van der Waals surface area contributed by atoms with Crippen LogP contribution in [0.25, 0.3) is 6.08 Å². The number of halogens is 6. The van der Waals surface area contributed by atoms with Crippen molar-refractivity contribution >= 4 is 6.08 Å². The molecule has 1 aromatic carbocycles. The normalized spacial score (nSPS) is 20.4. The zero-order valence-corrected chi connectivity index (χ0v) is 10.9. The molecule has 1 aromatic rings. The summed E-state index contributed by atoms with van der Waals surface area (Å²) in [6, 6.07) is 1.57. The first kappa shape index (κ1) is 15.9. The van der Waals surface area contributed by atoms with Gasteiger partial charge >= 0.3 is 12.4 Å². The molecule has 1 nitrogen and oxygen atoms in total. The zero-order valence-electron chi connectivity index (χ0n) is 10.9. The van der Waals surface area contributed by atoms with Crippen LogP contribution in [0.2, 0.25) is 0 Å². The molecule has 116 valence electrons. The second-order valence-corrected chi connectivity index (χ2v) is 4.90. The summed E-state index contributed by atoms with van der Waals surface area (Å²) in [6.45, 7) is 0.797. The van der Waals surface area contributed by atoms with Gasteiger partial charge in [0.05, 0.1) is 11.1 Å². The molecular weight excluding hydrogens is 296 g/mol. The van der Waals surface area contributed by atoms with Gasteiger partial charge in [-0.25, -0.2) is 0 Å². The Bertz CT molecular complexity index is 491. The van der Waals surface area contributed by atoms with Crippen LogP contribution in [0.15, 0.2) is 24.3 Å². The summed E-state index contributed by atoms with van der Waals surface area (Å²) in [5, 5.41) is 3.09. The molecule has 0 bridgehead atoms. The molecule has 1 N–H and O–H groups in total. The van der Waals surface area contributed by atoms with E-state index in [1.807, 2.05) is 0 Å². The van der Waals surface area contributed by atoms with E-state index in [0.717, 1.165) is 31.5 Å². The molecule has 0 radical (unpaired) electrons. The summed E-state index contributed by atoms with van der Waals surface area (Å²) in [5.74, 6) is 0. The molecule has 1 aliphatic rings. The fourth-order valence-corrected chi connectivity index (χ4v) is 2.18. The second-order valence-electron chi connectivity index (χ2n) is 4.90. The van der Waals surface area contributed by atoms with Crippen molar-refractivity contribution in [2.24, 2.45) is 0 Å². The standard InChI is InChI=1S/C14H13F6N/c15-13(16,17)10-6-9(3-4-12-2-1-5-21-12)7-11(8-10)14(18,19)20/h3-4,6-8,12,21H,1-2,5H2/b4-3+. The van der Waals surface area contributed by atoms with E-state index in [2.05, 4.69) is 5.32 Å². The van der Waals surface area contributed by atoms with Gasteiger partial charge in [0.25, 0.3) is 0 Å². The van der Waals surface area contributed by atoms with Gasteiger partial charge in [0.15, 0.2) is 0 Å². The summed E-state index contributed by atoms with van der Waals surface area (Å²) >= 11 is 0. The average Bonchev–Trinajstić information content (AvgIpc) is 2.87. The summed E-state index contributed by atoms with van der Waals surface area (Å²) < 4.78 is 76.0. The van der Waals surface area contributed by atoms with Crippen LogP contribution in [-0.2, 0) is 12.4 Å². The summed E-state index contributed by atoms with van der Waals surface area (Å²) in [4.78, 5) is 0. The molecule has 1 atom stereocenters. The Kier molecular flexibility index (Phi) is 4.32. The highest BCUT2D eigenvalue weighted by molar-refractivity contribution is 5.53. The van der Waals surface area contributed by atoms with Gasteiger partial charge in [-0.05, 0) is 43.1 Å². The van der Waals surface area contributed by atoms with Gasteiger partial charge in [-0.15, -0.1) is 0 Å². The first-order valence-corrected chi connectivity index (χ1v) is 6.37. The SMILES string of the molecule is FC(F)(F)c1cc(/C=C/C2CCCN2)cc(C(F)(F)F)c1. The number of hydrogen-bond donors (Lipinski definition) is 1. The molecule has 1 aliphatic heterocycles. The van der Waals surface area contributed by atoms with E-state index in [1.165, 1.54) is 6.08 Å². The Morgan fingerprint density at radius 2 is 1.52 bits per heavy atom. The summed E-state index contributed by atoms with van der Waals surface area (Å²) in [6.07, 6.45) is -4.96. The molecule has 1 unspecified atom stereocenters. The first-order valence-electron chi connectivity index (χ1n) is 6.37. The topological polar surface area (TPSA) is 12.0 Å². The van der Waals surface area contributed by atoms with Crippen molar-refractivity contribution < 1.29 is 26.3 Å². The van der Waals surface area contributed by atoms with E-state index < -0.39 is 23.5 Å². The number of hydrogen-bond acceptors (Lipinski definition) is 1. The van der Waals surface area contributed by atoms with Crippen LogP contribution in [-0.4, -0.2) is 12.6 Å².